The lowest BCUT2D eigenvalue weighted by molar-refractivity contribution is 0.0299. The molecule has 0 radical (unpaired) electrons. The number of ketones is 1. The quantitative estimate of drug-likeness (QED) is 0.700. The van der Waals surface area contributed by atoms with Crippen LogP contribution in [0, 0.1) is 5.82 Å². The highest BCUT2D eigenvalue weighted by molar-refractivity contribution is 6.04. The van der Waals surface area contributed by atoms with Crippen LogP contribution in [-0.2, 0) is 4.74 Å². The van der Waals surface area contributed by atoms with Crippen molar-refractivity contribution in [2.75, 3.05) is 47.6 Å². The third-order valence-electron chi connectivity index (χ3n) is 5.60. The molecule has 2 aliphatic heterocycles. The van der Waals surface area contributed by atoms with Crippen molar-refractivity contribution in [3.05, 3.63) is 46.8 Å². The summed E-state index contributed by atoms with van der Waals surface area (Å²) in [6.07, 6.45) is -0.827. The smallest absolute Gasteiger partial charge is 0.254 e. The van der Waals surface area contributed by atoms with Crippen LogP contribution < -0.4 is 18.9 Å². The predicted octanol–water partition coefficient (Wildman–Crippen LogP) is 3.03. The van der Waals surface area contributed by atoms with E-state index < -0.39 is 11.9 Å². The largest absolute Gasteiger partial charge is 0.493 e. The number of amides is 1. The van der Waals surface area contributed by atoms with Crippen LogP contribution in [0.1, 0.15) is 38.8 Å². The number of morpholine rings is 1. The molecular weight excluding hydrogens is 421 g/mol. The molecule has 2 aliphatic rings. The Kier molecular flexibility index (Phi) is 6.18. The number of hydrogen-bond donors (Lipinski definition) is 0. The lowest BCUT2D eigenvalue weighted by atomic mass is 9.92. The van der Waals surface area contributed by atoms with Gasteiger partial charge in [0.05, 0.1) is 41.0 Å². The zero-order valence-electron chi connectivity index (χ0n) is 18.1. The van der Waals surface area contributed by atoms with Crippen LogP contribution in [0.3, 0.4) is 0 Å². The van der Waals surface area contributed by atoms with Crippen molar-refractivity contribution in [1.29, 1.82) is 0 Å². The van der Waals surface area contributed by atoms with Crippen molar-refractivity contribution in [2.45, 2.75) is 12.5 Å². The second-order valence-corrected chi connectivity index (χ2v) is 7.39. The fourth-order valence-electron chi connectivity index (χ4n) is 4.06. The van der Waals surface area contributed by atoms with Crippen molar-refractivity contribution in [3.8, 4) is 23.0 Å². The summed E-state index contributed by atoms with van der Waals surface area (Å²) in [6, 6.07) is 5.48. The molecule has 0 saturated carbocycles. The topological polar surface area (TPSA) is 83.5 Å². The van der Waals surface area contributed by atoms with Gasteiger partial charge in [0.1, 0.15) is 23.2 Å². The van der Waals surface area contributed by atoms with Gasteiger partial charge in [0, 0.05) is 30.3 Å². The normalized spacial score (nSPS) is 17.9. The lowest BCUT2D eigenvalue weighted by Crippen LogP contribution is -2.41. The highest BCUT2D eigenvalue weighted by atomic mass is 19.1. The van der Waals surface area contributed by atoms with Crippen LogP contribution in [0.25, 0.3) is 0 Å². The summed E-state index contributed by atoms with van der Waals surface area (Å²) in [7, 11) is 4.34. The second-order valence-electron chi connectivity index (χ2n) is 7.39. The highest BCUT2D eigenvalue weighted by Gasteiger charge is 2.36. The van der Waals surface area contributed by atoms with Gasteiger partial charge in [-0.2, -0.15) is 0 Å². The van der Waals surface area contributed by atoms with Crippen LogP contribution in [0.2, 0.25) is 0 Å². The number of Topliss-reactive ketones (excluding diaryl/α,β-unsaturated/α-hetero) is 1. The standard InChI is InChI=1S/C23H24FNO7/c1-28-19-12-18-20(22(30-3)21(19)29-2)16(26)11-17(32-18)14-5-4-13(24)10-15(14)23(27)25-6-8-31-9-7-25/h4-5,10,12,17H,6-9,11H2,1-3H3. The van der Waals surface area contributed by atoms with Gasteiger partial charge < -0.3 is 28.6 Å². The van der Waals surface area contributed by atoms with Gasteiger partial charge in [-0.05, 0) is 12.1 Å². The highest BCUT2D eigenvalue weighted by Crippen LogP contribution is 2.49. The first-order valence-corrected chi connectivity index (χ1v) is 10.2. The molecule has 1 saturated heterocycles. The minimum absolute atomic E-state index is 0.0478. The molecule has 4 rings (SSSR count). The van der Waals surface area contributed by atoms with Gasteiger partial charge in [-0.15, -0.1) is 0 Å². The summed E-state index contributed by atoms with van der Waals surface area (Å²) in [5, 5.41) is 0. The average Bonchev–Trinajstić information content (AvgIpc) is 2.82. The zero-order chi connectivity index (χ0) is 22.8. The zero-order valence-corrected chi connectivity index (χ0v) is 18.1. The SMILES string of the molecule is COc1cc2c(c(OC)c1OC)C(=O)CC(c1ccc(F)cc1C(=O)N1CCOCC1)O2. The van der Waals surface area contributed by atoms with E-state index in [1.807, 2.05) is 0 Å². The van der Waals surface area contributed by atoms with E-state index in [0.717, 1.165) is 0 Å². The molecule has 2 aromatic rings. The van der Waals surface area contributed by atoms with Gasteiger partial charge in [0.15, 0.2) is 17.3 Å². The number of nitrogens with zero attached hydrogens (tertiary/aromatic N) is 1. The minimum Gasteiger partial charge on any atom is -0.493 e. The number of carbonyl (C=O) groups excluding carboxylic acids is 2. The molecule has 8 nitrogen and oxygen atoms in total. The summed E-state index contributed by atoms with van der Waals surface area (Å²) in [5.74, 6) is -0.0306. The Morgan fingerprint density at radius 1 is 1.06 bits per heavy atom. The Balaban J connectivity index is 1.75. The molecule has 0 aliphatic carbocycles. The summed E-state index contributed by atoms with van der Waals surface area (Å²) in [5.41, 5.74) is 0.848. The van der Waals surface area contributed by atoms with E-state index in [-0.39, 0.29) is 46.5 Å². The van der Waals surface area contributed by atoms with Gasteiger partial charge in [-0.3, -0.25) is 9.59 Å². The predicted molar refractivity (Wildman–Crippen MR) is 112 cm³/mol. The molecule has 2 aromatic carbocycles. The van der Waals surface area contributed by atoms with Crippen molar-refractivity contribution < 1.29 is 37.7 Å². The fourth-order valence-corrected chi connectivity index (χ4v) is 4.06. The molecule has 32 heavy (non-hydrogen) atoms. The maximum absolute atomic E-state index is 14.1. The second kappa shape index (κ2) is 9.04. The lowest BCUT2D eigenvalue weighted by Gasteiger charge is -2.31. The third kappa shape index (κ3) is 3.84. The first kappa shape index (κ1) is 21.9. The number of fused-ring (bicyclic) bond motifs is 1. The fraction of sp³-hybridized carbons (Fsp3) is 0.391. The molecule has 0 spiro atoms. The van der Waals surface area contributed by atoms with E-state index in [0.29, 0.717) is 37.6 Å². The van der Waals surface area contributed by atoms with Crippen molar-refractivity contribution in [2.24, 2.45) is 0 Å². The minimum atomic E-state index is -0.779. The van der Waals surface area contributed by atoms with E-state index >= 15 is 0 Å². The van der Waals surface area contributed by atoms with Crippen molar-refractivity contribution >= 4 is 11.7 Å². The van der Waals surface area contributed by atoms with E-state index in [4.69, 9.17) is 23.7 Å². The third-order valence-corrected chi connectivity index (χ3v) is 5.60. The van der Waals surface area contributed by atoms with Gasteiger partial charge in [-0.1, -0.05) is 6.07 Å². The molecule has 9 heteroatoms. The number of ether oxygens (including phenoxy) is 5. The number of hydrogen-bond acceptors (Lipinski definition) is 7. The number of rotatable bonds is 5. The Morgan fingerprint density at radius 2 is 1.78 bits per heavy atom. The van der Waals surface area contributed by atoms with Crippen LogP contribution in [0.4, 0.5) is 4.39 Å². The Hall–Kier alpha value is -3.33. The number of carbonyl (C=O) groups is 2. The molecule has 2 heterocycles. The Labute approximate surface area is 184 Å². The number of benzene rings is 2. The molecule has 1 amide bonds. The van der Waals surface area contributed by atoms with Crippen molar-refractivity contribution in [1.82, 2.24) is 4.90 Å². The first-order valence-electron chi connectivity index (χ1n) is 10.2. The van der Waals surface area contributed by atoms with E-state index in [1.54, 1.807) is 11.0 Å². The van der Waals surface area contributed by atoms with Gasteiger partial charge in [0.2, 0.25) is 5.75 Å². The van der Waals surface area contributed by atoms with Crippen LogP contribution in [0.15, 0.2) is 24.3 Å². The summed E-state index contributed by atoms with van der Waals surface area (Å²) in [6.45, 7) is 1.67. The molecule has 1 fully saturated rings. The summed E-state index contributed by atoms with van der Waals surface area (Å²) < 4.78 is 41.7. The van der Waals surface area contributed by atoms with E-state index in [2.05, 4.69) is 0 Å². The molecule has 1 unspecified atom stereocenters. The summed E-state index contributed by atoms with van der Waals surface area (Å²) >= 11 is 0. The molecule has 170 valence electrons. The van der Waals surface area contributed by atoms with E-state index in [1.165, 1.54) is 39.5 Å². The van der Waals surface area contributed by atoms with Crippen molar-refractivity contribution in [3.63, 3.8) is 0 Å². The first-order chi connectivity index (χ1) is 15.5. The molecule has 0 N–H and O–H groups in total. The van der Waals surface area contributed by atoms with Crippen LogP contribution >= 0.6 is 0 Å². The maximum Gasteiger partial charge on any atom is 0.254 e. The van der Waals surface area contributed by atoms with Gasteiger partial charge >= 0.3 is 0 Å². The van der Waals surface area contributed by atoms with Crippen LogP contribution in [0.5, 0.6) is 23.0 Å². The van der Waals surface area contributed by atoms with Crippen LogP contribution in [-0.4, -0.2) is 64.2 Å². The van der Waals surface area contributed by atoms with Gasteiger partial charge in [-0.25, -0.2) is 4.39 Å². The molecule has 0 aromatic heterocycles. The Morgan fingerprint density at radius 3 is 2.44 bits per heavy atom. The van der Waals surface area contributed by atoms with Gasteiger partial charge in [0.25, 0.3) is 5.91 Å². The molecule has 1 atom stereocenters. The van der Waals surface area contributed by atoms with E-state index in [9.17, 15) is 14.0 Å². The summed E-state index contributed by atoms with van der Waals surface area (Å²) in [4.78, 5) is 27.9. The number of halogens is 1. The Bertz CT molecular complexity index is 1050. The average molecular weight is 445 g/mol. The monoisotopic (exact) mass is 445 g/mol. The maximum atomic E-state index is 14.1. The number of methoxy groups -OCH3 is 3. The molecular formula is C23H24FNO7. The molecule has 0 bridgehead atoms.